The number of amides is 7. The number of fused-ring (bicyclic) bond motifs is 4. The number of imide groups is 1. The molecule has 7 amide bonds. The lowest BCUT2D eigenvalue weighted by atomic mass is 9.71. The Morgan fingerprint density at radius 2 is 1.59 bits per heavy atom. The van der Waals surface area contributed by atoms with Gasteiger partial charge in [0.1, 0.15) is 64.6 Å². The van der Waals surface area contributed by atoms with E-state index in [4.69, 9.17) is 32.8 Å². The topological polar surface area (TPSA) is 462 Å². The molecular formula is C75H85N12O22S+. The highest BCUT2D eigenvalue weighted by molar-refractivity contribution is 8.00. The standard InChI is InChI=1S/C75H84N12O22S/c1-40-66(93)48(76-2)30-59(107-40)109-52-33-75(102,32-46-62(52)71(98)64-63(68(46)95)67(94)45-12-8-13-50(103-3)61(45)70(64)97)54(37-88)81-82-56(90)14-9-21-87-58(92)31-53(73(87)100)110-29-19-55(89)77-20-27-105-38-42-36-86(83-80-42)26-28-106-39-57(91)78-34-43-15-17-49(108-43)44-16-18-51(104-4)60-47(35-79-65(44)60)69(96)74(101)85-24-22-84(23-25-85)72(99)41-10-6-5-7-11-41/h5-8,10-13,15-18,35-36,40,48,52-53,59,66,76,79,88,93,95,98,102H,9,14,19-34,37-39H2,1-4H3,(H,77,89)(H,78,91)(H,82,90)/p+1/b81-54-/t40-,48-,52-,53?,59-,66+,75-/m0/s1. The Morgan fingerprint density at radius 3 is 2.35 bits per heavy atom. The van der Waals surface area contributed by atoms with Crippen molar-refractivity contribution in [2.75, 3.05) is 92.7 Å². The van der Waals surface area contributed by atoms with Crippen LogP contribution in [0, 0.1) is 0 Å². The van der Waals surface area contributed by atoms with Crippen LogP contribution in [0.1, 0.15) is 127 Å². The first-order valence-electron chi connectivity index (χ1n) is 35.9. The second-order valence-electron chi connectivity index (χ2n) is 27.0. The summed E-state index contributed by atoms with van der Waals surface area (Å²) in [5.41, 5.74) is 0.254. The molecule has 12 rings (SSSR count). The zero-order chi connectivity index (χ0) is 78.1. The summed E-state index contributed by atoms with van der Waals surface area (Å²) in [4.78, 5) is 141. The van der Waals surface area contributed by atoms with Gasteiger partial charge in [-0.3, -0.25) is 52.8 Å². The lowest BCUT2D eigenvalue weighted by Gasteiger charge is -2.42. The predicted octanol–water partition coefficient (Wildman–Crippen LogP) is 1.34. The normalized spacial score (nSPS) is 20.5. The third-order valence-corrected chi connectivity index (χ3v) is 21.2. The summed E-state index contributed by atoms with van der Waals surface area (Å²) in [5.74, 6) is -5.53. The first kappa shape index (κ1) is 78.8. The fraction of sp³-hybridized carbons (Fsp3) is 0.427. The molecule has 6 heterocycles. The highest BCUT2D eigenvalue weighted by Crippen LogP contribution is 2.53. The van der Waals surface area contributed by atoms with Crippen molar-refractivity contribution < 1.29 is 112 Å². The van der Waals surface area contributed by atoms with Gasteiger partial charge in [-0.15, -0.1) is 16.9 Å². The Balaban J connectivity index is 0.531. The van der Waals surface area contributed by atoms with Crippen molar-refractivity contribution in [1.82, 2.24) is 50.7 Å². The number of quaternary nitrogens is 1. The molecule has 7 atom stereocenters. The SMILES string of the molecule is C[NH2+][C@H]1C[C@H](O[C@H]2C[C@](O)(/C(CO)=N\NC(=O)CCCN3C(=O)CC(SCCC(=O)NCCOCc4cn(CCOCC(=O)NCc5ccc(-c6ccc(OC)c7c(C(=O)C(=O)N8CCN(C(=O)c9ccccc9)CC8)c[nH]c67)o5)nn4)C3=O)Cc3c(O)c4c(c(O)c32)C(=O)c2c(OC)cccc2C4=O)O[C@@H](C)[C@H]1O. The molecule has 2 aliphatic carbocycles. The van der Waals surface area contributed by atoms with Gasteiger partial charge in [0.05, 0.1) is 130 Å². The smallest absolute Gasteiger partial charge is 0.295 e. The number of rotatable bonds is 32. The van der Waals surface area contributed by atoms with Gasteiger partial charge in [-0.2, -0.15) is 5.10 Å². The molecule has 3 aromatic heterocycles. The van der Waals surface area contributed by atoms with Crippen molar-refractivity contribution in [1.29, 1.82) is 0 Å². The predicted molar refractivity (Wildman–Crippen MR) is 389 cm³/mol. The largest absolute Gasteiger partial charge is 0.507 e. The number of nitrogens with two attached hydrogens (primary N) is 1. The Bertz CT molecular complexity index is 4710. The van der Waals surface area contributed by atoms with E-state index in [1.807, 2.05) is 6.07 Å². The lowest BCUT2D eigenvalue weighted by molar-refractivity contribution is -0.680. The Hall–Kier alpha value is -10.8. The number of aliphatic hydroxyl groups excluding tert-OH is 2. The third kappa shape index (κ3) is 17.0. The minimum absolute atomic E-state index is 0.00252. The first-order valence-corrected chi connectivity index (χ1v) is 36.9. The van der Waals surface area contributed by atoms with E-state index >= 15 is 0 Å². The molecule has 5 aliphatic rings. The van der Waals surface area contributed by atoms with Crippen LogP contribution in [0.25, 0.3) is 22.2 Å². The molecule has 3 aliphatic heterocycles. The molecule has 0 bridgehead atoms. The Morgan fingerprint density at radius 1 is 0.827 bits per heavy atom. The first-order chi connectivity index (χ1) is 53.0. The summed E-state index contributed by atoms with van der Waals surface area (Å²) in [7, 11) is 4.52. The number of methoxy groups -OCH3 is 2. The number of phenols is 2. The van der Waals surface area contributed by atoms with Crippen LogP contribution in [-0.4, -0.2) is 253 Å². The van der Waals surface area contributed by atoms with Gasteiger partial charge >= 0.3 is 0 Å². The Labute approximate surface area is 633 Å². The van der Waals surface area contributed by atoms with Gasteiger partial charge in [-0.25, -0.2) is 10.1 Å². The molecule has 34 nitrogen and oxygen atoms in total. The van der Waals surface area contributed by atoms with Crippen molar-refractivity contribution in [3.63, 3.8) is 0 Å². The maximum atomic E-state index is 14.2. The van der Waals surface area contributed by atoms with E-state index in [9.17, 15) is 73.5 Å². The van der Waals surface area contributed by atoms with E-state index in [0.29, 0.717) is 45.0 Å². The van der Waals surface area contributed by atoms with Crippen molar-refractivity contribution in [3.8, 4) is 34.3 Å². The fourth-order valence-corrected chi connectivity index (χ4v) is 15.4. The number of carbonyl (C=O) groups excluding carboxylic acids is 10. The number of phenolic OH excluding ortho intramolecular Hbond substituents is 2. The summed E-state index contributed by atoms with van der Waals surface area (Å²) in [6.07, 6.45) is -2.33. The van der Waals surface area contributed by atoms with Gasteiger partial charge in [-0.1, -0.05) is 35.5 Å². The van der Waals surface area contributed by atoms with Crippen LogP contribution in [0.2, 0.25) is 0 Å². The average molecular weight is 1540 g/mol. The minimum atomic E-state index is -2.25. The number of aromatic amines is 1. The summed E-state index contributed by atoms with van der Waals surface area (Å²) in [6.45, 7) is 2.11. The summed E-state index contributed by atoms with van der Waals surface area (Å²) in [6, 6.07) is 19.6. The number of piperazine rings is 1. The van der Waals surface area contributed by atoms with E-state index in [-0.39, 0.29) is 162 Å². The number of nitrogens with one attached hydrogen (secondary N) is 4. The number of aromatic nitrogens is 4. The number of ether oxygens (including phenoxy) is 6. The number of thioether (sulfide) groups is 1. The molecule has 35 heteroatoms. The molecular weight excluding hydrogens is 1450 g/mol. The van der Waals surface area contributed by atoms with E-state index < -0.39 is 136 Å². The molecule has 7 aromatic rings. The third-order valence-electron chi connectivity index (χ3n) is 20.0. The number of ketones is 3. The number of hydrazone groups is 1. The number of hydrogen-bond donors (Lipinski definition) is 10. The number of furan rings is 1. The maximum absolute atomic E-state index is 14.2. The highest BCUT2D eigenvalue weighted by atomic mass is 32.2. The van der Waals surface area contributed by atoms with Crippen LogP contribution in [-0.2, 0) is 73.8 Å². The van der Waals surface area contributed by atoms with Gasteiger partial charge in [0.2, 0.25) is 35.3 Å². The van der Waals surface area contributed by atoms with E-state index in [0.717, 1.165) is 16.7 Å². The second-order valence-corrected chi connectivity index (χ2v) is 28.3. The van der Waals surface area contributed by atoms with Crippen LogP contribution in [0.3, 0.4) is 0 Å². The Kier molecular flexibility index (Phi) is 25.0. The van der Waals surface area contributed by atoms with Crippen LogP contribution < -0.4 is 30.8 Å². The molecule has 4 aromatic carbocycles. The molecule has 3 saturated heterocycles. The minimum Gasteiger partial charge on any atom is -0.507 e. The van der Waals surface area contributed by atoms with Crippen LogP contribution in [0.15, 0.2) is 94.7 Å². The zero-order valence-corrected chi connectivity index (χ0v) is 61.5. The van der Waals surface area contributed by atoms with Crippen molar-refractivity contribution in [3.05, 3.63) is 141 Å². The summed E-state index contributed by atoms with van der Waals surface area (Å²) >= 11 is 1.15. The molecule has 0 spiro atoms. The molecule has 0 radical (unpaired) electrons. The summed E-state index contributed by atoms with van der Waals surface area (Å²) in [5, 5.41) is 77.2. The fourth-order valence-electron chi connectivity index (χ4n) is 14.3. The highest BCUT2D eigenvalue weighted by Gasteiger charge is 2.51. The van der Waals surface area contributed by atoms with Crippen LogP contribution in [0.5, 0.6) is 23.0 Å². The van der Waals surface area contributed by atoms with Gasteiger partial charge in [0.25, 0.3) is 17.6 Å². The van der Waals surface area contributed by atoms with Crippen LogP contribution >= 0.6 is 11.8 Å². The van der Waals surface area contributed by atoms with Crippen LogP contribution in [0.4, 0.5) is 0 Å². The second kappa shape index (κ2) is 34.9. The van der Waals surface area contributed by atoms with Gasteiger partial charge in [0, 0.05) is 111 Å². The number of likely N-dealkylation sites (tertiary alicyclic amines) is 1. The molecule has 11 N–H and O–H groups in total. The quantitative estimate of drug-likeness (QED) is 0.00541. The summed E-state index contributed by atoms with van der Waals surface area (Å²) < 4.78 is 42.3. The number of H-pyrrole nitrogens is 1. The van der Waals surface area contributed by atoms with E-state index in [1.54, 1.807) is 78.9 Å². The van der Waals surface area contributed by atoms with Gasteiger partial charge in [0.15, 0.2) is 12.1 Å². The average Bonchev–Trinajstić information content (AvgIpc) is 0.876. The molecule has 3 fully saturated rings. The number of aromatic hydroxyl groups is 2. The van der Waals surface area contributed by atoms with Crippen molar-refractivity contribution >= 4 is 87.1 Å². The van der Waals surface area contributed by atoms with Gasteiger partial charge < -0.3 is 89.1 Å². The van der Waals surface area contributed by atoms with E-state index in [2.05, 4.69) is 36.5 Å². The molecule has 582 valence electrons. The number of benzene rings is 4. The maximum Gasteiger partial charge on any atom is 0.295 e. The van der Waals surface area contributed by atoms with Crippen molar-refractivity contribution in [2.24, 2.45) is 5.10 Å². The number of likely N-dealkylation sites (N-methyl/N-ethyl adjacent to an activating group) is 1. The number of carbonyl (C=O) groups is 10. The number of nitrogens with zero attached hydrogens (tertiary/aromatic N) is 7. The van der Waals surface area contributed by atoms with E-state index in [1.165, 1.54) is 48.2 Å². The number of Topliss-reactive ketones (excluding diaryl/α,β-unsaturated/α-hetero) is 1. The molecule has 1 unspecified atom stereocenters. The molecule has 0 saturated carbocycles. The number of aliphatic hydroxyl groups is 3. The lowest BCUT2D eigenvalue weighted by Crippen LogP contribution is -2.91. The zero-order valence-electron chi connectivity index (χ0n) is 60.7. The van der Waals surface area contributed by atoms with Gasteiger partial charge in [-0.05, 0) is 55.8 Å². The monoisotopic (exact) mass is 1540 g/mol. The molecule has 110 heavy (non-hydrogen) atoms. The van der Waals surface area contributed by atoms with Crippen molar-refractivity contribution in [2.45, 2.75) is 113 Å². The number of hydrogen-bond acceptors (Lipinski definition) is 26.